The van der Waals surface area contributed by atoms with Gasteiger partial charge in [-0.1, -0.05) is 12.1 Å². The molecule has 8 heteroatoms. The molecule has 1 fully saturated rings. The fourth-order valence-electron chi connectivity index (χ4n) is 3.14. The summed E-state index contributed by atoms with van der Waals surface area (Å²) in [6, 6.07) is 9.89. The third-order valence-electron chi connectivity index (χ3n) is 4.64. The molecule has 1 saturated heterocycles. The Hall–Kier alpha value is -1.74. The van der Waals surface area contributed by atoms with Gasteiger partial charge in [-0.15, -0.1) is 0 Å². The minimum Gasteiger partial charge on any atom is -0.460 e. The number of hydrogen-bond donors (Lipinski definition) is 1. The average Bonchev–Trinajstić information content (AvgIpc) is 3.15. The maximum atomic E-state index is 13.9. The van der Waals surface area contributed by atoms with E-state index in [0.29, 0.717) is 36.7 Å². The van der Waals surface area contributed by atoms with Crippen LogP contribution >= 0.6 is 0 Å². The summed E-state index contributed by atoms with van der Waals surface area (Å²) in [4.78, 5) is 1.95. The molecule has 1 aliphatic heterocycles. The molecule has 0 saturated carbocycles. The van der Waals surface area contributed by atoms with E-state index in [2.05, 4.69) is 0 Å². The largest absolute Gasteiger partial charge is 0.460 e. The number of rotatable bonds is 6. The molecule has 1 aromatic heterocycles. The van der Waals surface area contributed by atoms with Gasteiger partial charge < -0.3 is 9.52 Å². The SMILES string of the molecule is CN(C)S(=O)(=O)C[C@@H]1CN(Cc2ccc(-c3ccccc3F)o2)C[C@H]1O. The zero-order chi connectivity index (χ0) is 18.9. The number of benzene rings is 1. The van der Waals surface area contributed by atoms with Crippen LogP contribution in [0, 0.1) is 11.7 Å². The van der Waals surface area contributed by atoms with Gasteiger partial charge in [-0.05, 0) is 24.3 Å². The number of aliphatic hydroxyl groups excluding tert-OH is 1. The first-order chi connectivity index (χ1) is 12.3. The minimum atomic E-state index is -3.37. The molecule has 0 bridgehead atoms. The molecule has 1 aromatic carbocycles. The highest BCUT2D eigenvalue weighted by Crippen LogP contribution is 2.27. The predicted molar refractivity (Wildman–Crippen MR) is 96.3 cm³/mol. The lowest BCUT2D eigenvalue weighted by Crippen LogP contribution is -2.33. The van der Waals surface area contributed by atoms with E-state index in [1.165, 1.54) is 24.5 Å². The number of β-amino-alcohol motifs (C(OH)–C–C–N with tert-alkyl or cyclic N) is 1. The Bertz CT molecular complexity index is 866. The highest BCUT2D eigenvalue weighted by molar-refractivity contribution is 7.89. The van der Waals surface area contributed by atoms with Crippen LogP contribution < -0.4 is 0 Å². The summed E-state index contributed by atoms with van der Waals surface area (Å²) < 4.78 is 44.8. The van der Waals surface area contributed by atoms with Crippen molar-refractivity contribution in [2.75, 3.05) is 32.9 Å². The van der Waals surface area contributed by atoms with Gasteiger partial charge in [0.2, 0.25) is 10.0 Å². The second kappa shape index (κ2) is 7.48. The first-order valence-electron chi connectivity index (χ1n) is 8.40. The predicted octanol–water partition coefficient (Wildman–Crippen LogP) is 1.77. The molecule has 2 aromatic rings. The Morgan fingerprint density at radius 1 is 1.23 bits per heavy atom. The van der Waals surface area contributed by atoms with Gasteiger partial charge in [0.25, 0.3) is 0 Å². The third-order valence-corrected chi connectivity index (χ3v) is 6.61. The second-order valence-corrected chi connectivity index (χ2v) is 9.06. The van der Waals surface area contributed by atoms with E-state index in [-0.39, 0.29) is 17.5 Å². The van der Waals surface area contributed by atoms with E-state index in [0.717, 1.165) is 0 Å². The quantitative estimate of drug-likeness (QED) is 0.824. The van der Waals surface area contributed by atoms with Crippen molar-refractivity contribution >= 4 is 10.0 Å². The molecular formula is C18H23FN2O4S. The summed E-state index contributed by atoms with van der Waals surface area (Å²) in [6.07, 6.45) is -0.703. The Morgan fingerprint density at radius 2 is 1.96 bits per heavy atom. The van der Waals surface area contributed by atoms with Gasteiger partial charge in [0, 0.05) is 33.1 Å². The number of sulfonamides is 1. The molecule has 2 atom stereocenters. The van der Waals surface area contributed by atoms with Crippen LogP contribution in [0.2, 0.25) is 0 Å². The maximum Gasteiger partial charge on any atom is 0.214 e. The van der Waals surface area contributed by atoms with Crippen molar-refractivity contribution in [1.82, 2.24) is 9.21 Å². The molecule has 1 N–H and O–H groups in total. The number of halogens is 1. The molecule has 2 heterocycles. The first kappa shape index (κ1) is 19.0. The smallest absolute Gasteiger partial charge is 0.214 e. The summed E-state index contributed by atoms with van der Waals surface area (Å²) in [5.74, 6) is 0.314. The number of nitrogens with zero attached hydrogens (tertiary/aromatic N) is 2. The van der Waals surface area contributed by atoms with Gasteiger partial charge in [-0.3, -0.25) is 4.90 Å². The molecule has 142 valence electrons. The van der Waals surface area contributed by atoms with Crippen LogP contribution in [0.5, 0.6) is 0 Å². The van der Waals surface area contributed by atoms with E-state index in [9.17, 15) is 17.9 Å². The highest BCUT2D eigenvalue weighted by atomic mass is 32.2. The topological polar surface area (TPSA) is 74.0 Å². The molecule has 6 nitrogen and oxygen atoms in total. The highest BCUT2D eigenvalue weighted by Gasteiger charge is 2.35. The average molecular weight is 382 g/mol. The van der Waals surface area contributed by atoms with Crippen molar-refractivity contribution < 1.29 is 22.3 Å². The lowest BCUT2D eigenvalue weighted by atomic mass is 10.1. The zero-order valence-electron chi connectivity index (χ0n) is 14.8. The Labute approximate surface area is 152 Å². The van der Waals surface area contributed by atoms with Crippen LogP contribution in [-0.2, 0) is 16.6 Å². The van der Waals surface area contributed by atoms with Crippen molar-refractivity contribution in [3.05, 3.63) is 48.0 Å². The number of furan rings is 1. The van der Waals surface area contributed by atoms with E-state index >= 15 is 0 Å². The summed E-state index contributed by atoms with van der Waals surface area (Å²) in [6.45, 7) is 1.28. The van der Waals surface area contributed by atoms with Gasteiger partial charge >= 0.3 is 0 Å². The summed E-state index contributed by atoms with van der Waals surface area (Å²) in [7, 11) is -0.391. The van der Waals surface area contributed by atoms with Crippen molar-refractivity contribution in [2.45, 2.75) is 12.6 Å². The molecule has 0 radical (unpaired) electrons. The van der Waals surface area contributed by atoms with Crippen LogP contribution in [0.25, 0.3) is 11.3 Å². The van der Waals surface area contributed by atoms with Crippen molar-refractivity contribution in [3.8, 4) is 11.3 Å². The van der Waals surface area contributed by atoms with E-state index < -0.39 is 16.1 Å². The maximum absolute atomic E-state index is 13.9. The van der Waals surface area contributed by atoms with Gasteiger partial charge in [-0.25, -0.2) is 17.1 Å². The van der Waals surface area contributed by atoms with Crippen molar-refractivity contribution in [1.29, 1.82) is 0 Å². The van der Waals surface area contributed by atoms with Crippen LogP contribution in [0.15, 0.2) is 40.8 Å². The van der Waals surface area contributed by atoms with Crippen LogP contribution in [0.4, 0.5) is 4.39 Å². The summed E-state index contributed by atoms with van der Waals surface area (Å²) in [5, 5.41) is 10.2. The summed E-state index contributed by atoms with van der Waals surface area (Å²) >= 11 is 0. The monoisotopic (exact) mass is 382 g/mol. The molecular weight excluding hydrogens is 359 g/mol. The zero-order valence-corrected chi connectivity index (χ0v) is 15.6. The van der Waals surface area contributed by atoms with Crippen LogP contribution in [0.3, 0.4) is 0 Å². The van der Waals surface area contributed by atoms with Gasteiger partial charge in [0.15, 0.2) is 0 Å². The van der Waals surface area contributed by atoms with Crippen LogP contribution in [-0.4, -0.2) is 61.8 Å². The fraction of sp³-hybridized carbons (Fsp3) is 0.444. The van der Waals surface area contributed by atoms with E-state index in [1.807, 2.05) is 4.90 Å². The molecule has 0 spiro atoms. The standard InChI is InChI=1S/C18H23FN2O4S/c1-20(2)26(23,24)12-13-9-21(11-17(13)22)10-14-7-8-18(25-14)15-5-3-4-6-16(15)19/h3-8,13,17,22H,9-12H2,1-2H3/t13-,17+/m0/s1. The number of likely N-dealkylation sites (tertiary alicyclic amines) is 1. The van der Waals surface area contributed by atoms with Crippen LogP contribution in [0.1, 0.15) is 5.76 Å². The second-order valence-electron chi connectivity index (χ2n) is 6.83. The lowest BCUT2D eigenvalue weighted by Gasteiger charge is -2.17. The Balaban J connectivity index is 1.65. The lowest BCUT2D eigenvalue weighted by molar-refractivity contribution is 0.147. The molecule has 0 unspecified atom stereocenters. The number of aliphatic hydroxyl groups is 1. The fourth-order valence-corrected chi connectivity index (χ4v) is 4.31. The Morgan fingerprint density at radius 3 is 2.65 bits per heavy atom. The van der Waals surface area contributed by atoms with E-state index in [4.69, 9.17) is 4.42 Å². The van der Waals surface area contributed by atoms with Gasteiger partial charge in [0.05, 0.1) is 24.0 Å². The summed E-state index contributed by atoms with van der Waals surface area (Å²) in [5.41, 5.74) is 0.398. The van der Waals surface area contributed by atoms with Gasteiger partial charge in [0.1, 0.15) is 17.3 Å². The Kier molecular flexibility index (Phi) is 5.47. The molecule has 1 aliphatic rings. The third kappa shape index (κ3) is 4.15. The number of hydrogen-bond acceptors (Lipinski definition) is 5. The first-order valence-corrected chi connectivity index (χ1v) is 10.0. The molecule has 3 rings (SSSR count). The van der Waals surface area contributed by atoms with Crippen molar-refractivity contribution in [3.63, 3.8) is 0 Å². The normalized spacial score (nSPS) is 21.6. The molecule has 26 heavy (non-hydrogen) atoms. The van der Waals surface area contributed by atoms with Gasteiger partial charge in [-0.2, -0.15) is 0 Å². The molecule has 0 aliphatic carbocycles. The van der Waals surface area contributed by atoms with E-state index in [1.54, 1.807) is 30.3 Å². The minimum absolute atomic E-state index is 0.0870. The van der Waals surface area contributed by atoms with Crippen molar-refractivity contribution in [2.24, 2.45) is 5.92 Å². The molecule has 0 amide bonds.